The molecule has 0 fully saturated rings. The SMILES string of the molecule is Cc1nc2ccccn2c1C(=O)N/N=C1/CCc2ccccc21. The maximum absolute atomic E-state index is 12.5. The maximum atomic E-state index is 12.5. The predicted octanol–water partition coefficient (Wildman–Crippen LogP) is 2.72. The average Bonchev–Trinajstić information content (AvgIpc) is 3.12. The second kappa shape index (κ2) is 5.35. The Balaban J connectivity index is 1.64. The third-order valence-corrected chi connectivity index (χ3v) is 4.17. The molecule has 23 heavy (non-hydrogen) atoms. The third kappa shape index (κ3) is 2.30. The van der Waals surface area contributed by atoms with Gasteiger partial charge < -0.3 is 0 Å². The van der Waals surface area contributed by atoms with Crippen LogP contribution < -0.4 is 5.43 Å². The molecule has 1 N–H and O–H groups in total. The summed E-state index contributed by atoms with van der Waals surface area (Å²) in [6.07, 6.45) is 3.66. The van der Waals surface area contributed by atoms with E-state index in [1.165, 1.54) is 5.56 Å². The summed E-state index contributed by atoms with van der Waals surface area (Å²) >= 11 is 0. The number of hydrazone groups is 1. The van der Waals surface area contributed by atoms with Crippen molar-refractivity contribution in [1.29, 1.82) is 0 Å². The van der Waals surface area contributed by atoms with Gasteiger partial charge in [-0.2, -0.15) is 5.10 Å². The van der Waals surface area contributed by atoms with Gasteiger partial charge in [-0.05, 0) is 37.5 Å². The number of benzene rings is 1. The molecule has 3 aromatic rings. The number of hydrogen-bond acceptors (Lipinski definition) is 3. The summed E-state index contributed by atoms with van der Waals surface area (Å²) in [6.45, 7) is 1.83. The fourth-order valence-corrected chi connectivity index (χ4v) is 3.08. The molecule has 0 aliphatic heterocycles. The van der Waals surface area contributed by atoms with E-state index >= 15 is 0 Å². The van der Waals surface area contributed by atoms with Gasteiger partial charge in [0.25, 0.3) is 5.91 Å². The van der Waals surface area contributed by atoms with E-state index in [0.29, 0.717) is 11.4 Å². The molecule has 0 saturated carbocycles. The quantitative estimate of drug-likeness (QED) is 0.740. The highest BCUT2D eigenvalue weighted by Gasteiger charge is 2.19. The van der Waals surface area contributed by atoms with Gasteiger partial charge in [-0.3, -0.25) is 9.20 Å². The zero-order valence-corrected chi connectivity index (χ0v) is 12.8. The highest BCUT2D eigenvalue weighted by molar-refractivity contribution is 6.05. The van der Waals surface area contributed by atoms with Crippen LogP contribution in [-0.4, -0.2) is 21.0 Å². The van der Waals surface area contributed by atoms with E-state index in [-0.39, 0.29) is 5.91 Å². The van der Waals surface area contributed by atoms with Crippen molar-refractivity contribution < 1.29 is 4.79 Å². The number of carbonyl (C=O) groups excluding carboxylic acids is 1. The molecule has 5 heteroatoms. The van der Waals surface area contributed by atoms with Crippen LogP contribution in [-0.2, 0) is 6.42 Å². The number of aryl methyl sites for hydroxylation is 2. The Kier molecular flexibility index (Phi) is 3.19. The summed E-state index contributed by atoms with van der Waals surface area (Å²) < 4.78 is 1.79. The van der Waals surface area contributed by atoms with E-state index < -0.39 is 0 Å². The monoisotopic (exact) mass is 304 g/mol. The molecule has 5 nitrogen and oxygen atoms in total. The van der Waals surface area contributed by atoms with Crippen LogP contribution in [0.4, 0.5) is 0 Å². The van der Waals surface area contributed by atoms with Crippen molar-refractivity contribution in [2.45, 2.75) is 19.8 Å². The Morgan fingerprint density at radius 2 is 2.00 bits per heavy atom. The molecule has 2 heterocycles. The Labute approximate surface area is 133 Å². The fraction of sp³-hybridized carbons (Fsp3) is 0.167. The normalized spacial score (nSPS) is 15.1. The molecule has 4 rings (SSSR count). The van der Waals surface area contributed by atoms with Crippen LogP contribution in [0.25, 0.3) is 5.65 Å². The second-order valence-electron chi connectivity index (χ2n) is 5.63. The molecule has 0 bridgehead atoms. The van der Waals surface area contributed by atoms with E-state index in [9.17, 15) is 4.79 Å². The molecule has 1 amide bonds. The molecule has 0 unspecified atom stereocenters. The minimum absolute atomic E-state index is 0.238. The number of nitrogens with zero attached hydrogens (tertiary/aromatic N) is 3. The third-order valence-electron chi connectivity index (χ3n) is 4.17. The van der Waals surface area contributed by atoms with Gasteiger partial charge in [-0.15, -0.1) is 0 Å². The number of imidazole rings is 1. The number of carbonyl (C=O) groups is 1. The van der Waals surface area contributed by atoms with E-state index in [4.69, 9.17) is 0 Å². The number of rotatable bonds is 2. The molecule has 0 spiro atoms. The predicted molar refractivity (Wildman–Crippen MR) is 88.7 cm³/mol. The van der Waals surface area contributed by atoms with Crippen LogP contribution >= 0.6 is 0 Å². The Morgan fingerprint density at radius 3 is 2.91 bits per heavy atom. The molecule has 1 aliphatic rings. The van der Waals surface area contributed by atoms with Gasteiger partial charge in [0.15, 0.2) is 0 Å². The lowest BCUT2D eigenvalue weighted by molar-refractivity contribution is 0.0948. The first kappa shape index (κ1) is 13.7. The van der Waals surface area contributed by atoms with Crippen molar-refractivity contribution in [3.63, 3.8) is 0 Å². The zero-order chi connectivity index (χ0) is 15.8. The molecule has 0 atom stereocenters. The Hall–Kier alpha value is -2.95. The lowest BCUT2D eigenvalue weighted by atomic mass is 10.1. The molecule has 114 valence electrons. The van der Waals surface area contributed by atoms with Crippen LogP contribution in [0.2, 0.25) is 0 Å². The van der Waals surface area contributed by atoms with Crippen molar-refractivity contribution in [3.05, 3.63) is 71.2 Å². The summed E-state index contributed by atoms with van der Waals surface area (Å²) in [5.41, 5.74) is 8.01. The van der Waals surface area contributed by atoms with Crippen molar-refractivity contribution >= 4 is 17.3 Å². The van der Waals surface area contributed by atoms with Crippen LogP contribution in [0, 0.1) is 6.92 Å². The van der Waals surface area contributed by atoms with Crippen molar-refractivity contribution in [1.82, 2.24) is 14.8 Å². The van der Waals surface area contributed by atoms with Crippen LogP contribution in [0.5, 0.6) is 0 Å². The largest absolute Gasteiger partial charge is 0.295 e. The van der Waals surface area contributed by atoms with Crippen molar-refractivity contribution in [2.24, 2.45) is 5.10 Å². The Morgan fingerprint density at radius 1 is 1.17 bits per heavy atom. The van der Waals surface area contributed by atoms with Gasteiger partial charge in [-0.25, -0.2) is 10.4 Å². The molecule has 1 aliphatic carbocycles. The number of hydrogen-bond donors (Lipinski definition) is 1. The summed E-state index contributed by atoms with van der Waals surface area (Å²) in [5.74, 6) is -0.238. The number of pyridine rings is 1. The summed E-state index contributed by atoms with van der Waals surface area (Å²) in [7, 11) is 0. The van der Waals surface area contributed by atoms with E-state index in [1.807, 2.05) is 49.5 Å². The van der Waals surface area contributed by atoms with Crippen molar-refractivity contribution in [2.75, 3.05) is 0 Å². The highest BCUT2D eigenvalue weighted by Crippen LogP contribution is 2.21. The lowest BCUT2D eigenvalue weighted by Gasteiger charge is -2.03. The second-order valence-corrected chi connectivity index (χ2v) is 5.63. The molecule has 0 saturated heterocycles. The summed E-state index contributed by atoms with van der Waals surface area (Å²) in [5, 5.41) is 4.34. The number of nitrogens with one attached hydrogen (secondary N) is 1. The van der Waals surface area contributed by atoms with Gasteiger partial charge in [0.2, 0.25) is 0 Å². The standard InChI is InChI=1S/C18H16N4O/c1-12-17(22-11-5-4-8-16(22)19-12)18(23)21-20-15-10-9-13-6-2-3-7-14(13)15/h2-8,11H,9-10H2,1H3,(H,21,23)/b20-15-. The molecule has 0 radical (unpaired) electrons. The minimum atomic E-state index is -0.238. The summed E-state index contributed by atoms with van der Waals surface area (Å²) in [6, 6.07) is 13.8. The summed E-state index contributed by atoms with van der Waals surface area (Å²) in [4.78, 5) is 16.9. The zero-order valence-electron chi connectivity index (χ0n) is 12.8. The van der Waals surface area contributed by atoms with Gasteiger partial charge in [0, 0.05) is 11.8 Å². The number of amides is 1. The average molecular weight is 304 g/mol. The minimum Gasteiger partial charge on any atom is -0.295 e. The lowest BCUT2D eigenvalue weighted by Crippen LogP contribution is -2.22. The number of aromatic nitrogens is 2. The van der Waals surface area contributed by atoms with Gasteiger partial charge in [0.05, 0.1) is 11.4 Å². The molecule has 1 aromatic carbocycles. The first-order valence-corrected chi connectivity index (χ1v) is 7.63. The number of fused-ring (bicyclic) bond motifs is 2. The first-order chi connectivity index (χ1) is 11.2. The topological polar surface area (TPSA) is 58.8 Å². The molecular formula is C18H16N4O. The van der Waals surface area contributed by atoms with Crippen LogP contribution in [0.15, 0.2) is 53.8 Å². The smallest absolute Gasteiger partial charge is 0.290 e. The van der Waals surface area contributed by atoms with Gasteiger partial charge in [0.1, 0.15) is 11.3 Å². The van der Waals surface area contributed by atoms with Crippen molar-refractivity contribution in [3.8, 4) is 0 Å². The molecular weight excluding hydrogens is 288 g/mol. The fourth-order valence-electron chi connectivity index (χ4n) is 3.08. The Bertz CT molecular complexity index is 939. The maximum Gasteiger partial charge on any atom is 0.290 e. The van der Waals surface area contributed by atoms with Gasteiger partial charge >= 0.3 is 0 Å². The van der Waals surface area contributed by atoms with Crippen LogP contribution in [0.3, 0.4) is 0 Å². The van der Waals surface area contributed by atoms with E-state index in [2.05, 4.69) is 21.6 Å². The van der Waals surface area contributed by atoms with Crippen LogP contribution in [0.1, 0.15) is 33.7 Å². The van der Waals surface area contributed by atoms with Gasteiger partial charge in [-0.1, -0.05) is 30.3 Å². The van der Waals surface area contributed by atoms with E-state index in [1.54, 1.807) is 4.40 Å². The first-order valence-electron chi connectivity index (χ1n) is 7.63. The highest BCUT2D eigenvalue weighted by atomic mass is 16.2. The van der Waals surface area contributed by atoms with E-state index in [0.717, 1.165) is 29.8 Å². The molecule has 2 aromatic heterocycles.